The Balaban J connectivity index is 2.01. The Morgan fingerprint density at radius 3 is 1.48 bits per heavy atom. The molecule has 136 valence electrons. The molecular formula is C23H32O2. The third kappa shape index (κ3) is 5.01. The lowest BCUT2D eigenvalue weighted by molar-refractivity contribution is 0.461. The third-order valence-corrected chi connectivity index (χ3v) is 5.40. The largest absolute Gasteiger partial charge is 0.508 e. The zero-order valence-electron chi connectivity index (χ0n) is 16.0. The standard InChI is InChI=1S/C23H32O2/c1-5-16(3)20-14-18(10-12-22(20)24)8-7-9-19-11-13-23(25)21(15-19)17(4)6-2/h10-17,24-25H,5-9H2,1-4H3. The van der Waals surface area contributed by atoms with Gasteiger partial charge in [0.1, 0.15) is 11.5 Å². The molecule has 2 rings (SSSR count). The minimum absolute atomic E-state index is 0.384. The molecular weight excluding hydrogens is 308 g/mol. The Kier molecular flexibility index (Phi) is 6.92. The SMILES string of the molecule is CCC(C)c1cc(CCCc2ccc(O)c(C(C)CC)c2)ccc1O. The summed E-state index contributed by atoms with van der Waals surface area (Å²) in [5, 5.41) is 20.1. The van der Waals surface area contributed by atoms with Gasteiger partial charge in [0.2, 0.25) is 0 Å². The second-order valence-corrected chi connectivity index (χ2v) is 7.26. The summed E-state index contributed by atoms with van der Waals surface area (Å²) >= 11 is 0. The van der Waals surface area contributed by atoms with E-state index < -0.39 is 0 Å². The fourth-order valence-electron chi connectivity index (χ4n) is 3.24. The molecule has 0 saturated heterocycles. The van der Waals surface area contributed by atoms with E-state index in [-0.39, 0.29) is 0 Å². The van der Waals surface area contributed by atoms with Crippen LogP contribution in [0.1, 0.15) is 81.0 Å². The third-order valence-electron chi connectivity index (χ3n) is 5.40. The first-order chi connectivity index (χ1) is 12.0. The number of benzene rings is 2. The van der Waals surface area contributed by atoms with Crippen LogP contribution in [0.3, 0.4) is 0 Å². The van der Waals surface area contributed by atoms with Crippen LogP contribution in [-0.4, -0.2) is 10.2 Å². The fourth-order valence-corrected chi connectivity index (χ4v) is 3.24. The van der Waals surface area contributed by atoms with Gasteiger partial charge in [0.05, 0.1) is 0 Å². The molecule has 0 bridgehead atoms. The molecule has 0 aliphatic carbocycles. The number of rotatable bonds is 8. The number of hydrogen-bond acceptors (Lipinski definition) is 2. The summed E-state index contributed by atoms with van der Waals surface area (Å²) in [5.41, 5.74) is 4.69. The van der Waals surface area contributed by atoms with Gasteiger partial charge in [-0.05, 0) is 78.3 Å². The number of phenols is 2. The van der Waals surface area contributed by atoms with Gasteiger partial charge in [0.25, 0.3) is 0 Å². The van der Waals surface area contributed by atoms with Gasteiger partial charge in [0.15, 0.2) is 0 Å². The van der Waals surface area contributed by atoms with Crippen molar-refractivity contribution in [3.05, 3.63) is 58.7 Å². The van der Waals surface area contributed by atoms with Crippen molar-refractivity contribution in [2.24, 2.45) is 0 Å². The van der Waals surface area contributed by atoms with Crippen molar-refractivity contribution in [3.8, 4) is 11.5 Å². The Morgan fingerprint density at radius 1 is 0.720 bits per heavy atom. The highest BCUT2D eigenvalue weighted by atomic mass is 16.3. The van der Waals surface area contributed by atoms with Crippen molar-refractivity contribution in [2.75, 3.05) is 0 Å². The minimum Gasteiger partial charge on any atom is -0.508 e. The van der Waals surface area contributed by atoms with Gasteiger partial charge in [0, 0.05) is 0 Å². The normalized spacial score (nSPS) is 13.6. The Morgan fingerprint density at radius 2 is 1.12 bits per heavy atom. The molecule has 0 aliphatic rings. The maximum Gasteiger partial charge on any atom is 0.119 e. The van der Waals surface area contributed by atoms with Gasteiger partial charge in [-0.15, -0.1) is 0 Å². The fraction of sp³-hybridized carbons (Fsp3) is 0.478. The van der Waals surface area contributed by atoms with Crippen molar-refractivity contribution in [1.29, 1.82) is 0 Å². The highest BCUT2D eigenvalue weighted by Crippen LogP contribution is 2.30. The molecule has 0 spiro atoms. The number of aromatic hydroxyl groups is 2. The minimum atomic E-state index is 0.384. The molecule has 0 aliphatic heterocycles. The van der Waals surface area contributed by atoms with Crippen LogP contribution in [-0.2, 0) is 12.8 Å². The van der Waals surface area contributed by atoms with E-state index in [2.05, 4.69) is 39.8 Å². The van der Waals surface area contributed by atoms with Crippen molar-refractivity contribution in [3.63, 3.8) is 0 Å². The Bertz CT molecular complexity index is 631. The van der Waals surface area contributed by atoms with Crippen molar-refractivity contribution in [2.45, 2.75) is 71.6 Å². The Hall–Kier alpha value is -1.96. The molecule has 2 atom stereocenters. The van der Waals surface area contributed by atoms with E-state index in [0.29, 0.717) is 23.3 Å². The van der Waals surface area contributed by atoms with Crippen LogP contribution < -0.4 is 0 Å². The highest BCUT2D eigenvalue weighted by molar-refractivity contribution is 5.40. The van der Waals surface area contributed by atoms with Gasteiger partial charge >= 0.3 is 0 Å². The van der Waals surface area contributed by atoms with Gasteiger partial charge < -0.3 is 10.2 Å². The lowest BCUT2D eigenvalue weighted by Gasteiger charge is -2.14. The van der Waals surface area contributed by atoms with Gasteiger partial charge in [-0.3, -0.25) is 0 Å². The van der Waals surface area contributed by atoms with Crippen LogP contribution in [0.15, 0.2) is 36.4 Å². The first kappa shape index (κ1) is 19.4. The molecule has 2 nitrogen and oxygen atoms in total. The van der Waals surface area contributed by atoms with E-state index in [1.807, 2.05) is 24.3 Å². The molecule has 2 N–H and O–H groups in total. The molecule has 0 radical (unpaired) electrons. The molecule has 2 unspecified atom stereocenters. The van der Waals surface area contributed by atoms with E-state index >= 15 is 0 Å². The molecule has 2 heteroatoms. The average molecular weight is 341 g/mol. The number of hydrogen-bond donors (Lipinski definition) is 2. The molecule has 0 saturated carbocycles. The van der Waals surface area contributed by atoms with Crippen LogP contribution in [0.5, 0.6) is 11.5 Å². The van der Waals surface area contributed by atoms with Crippen LogP contribution >= 0.6 is 0 Å². The van der Waals surface area contributed by atoms with Gasteiger partial charge in [-0.2, -0.15) is 0 Å². The molecule has 0 heterocycles. The van der Waals surface area contributed by atoms with Crippen molar-refractivity contribution >= 4 is 0 Å². The predicted molar refractivity (Wildman–Crippen MR) is 106 cm³/mol. The van der Waals surface area contributed by atoms with Crippen LogP contribution in [0.25, 0.3) is 0 Å². The second-order valence-electron chi connectivity index (χ2n) is 7.26. The maximum atomic E-state index is 10.0. The lowest BCUT2D eigenvalue weighted by atomic mass is 9.93. The molecule has 0 fully saturated rings. The molecule has 25 heavy (non-hydrogen) atoms. The van der Waals surface area contributed by atoms with Gasteiger partial charge in [-0.25, -0.2) is 0 Å². The number of aryl methyl sites for hydroxylation is 2. The smallest absolute Gasteiger partial charge is 0.119 e. The zero-order chi connectivity index (χ0) is 18.4. The van der Waals surface area contributed by atoms with Crippen LogP contribution in [0, 0.1) is 0 Å². The first-order valence-electron chi connectivity index (χ1n) is 9.59. The monoisotopic (exact) mass is 340 g/mol. The summed E-state index contributed by atoms with van der Waals surface area (Å²) in [5.74, 6) is 1.59. The van der Waals surface area contributed by atoms with E-state index in [4.69, 9.17) is 0 Å². The highest BCUT2D eigenvalue weighted by Gasteiger charge is 2.11. The Labute approximate surface area is 152 Å². The summed E-state index contributed by atoms with van der Waals surface area (Å²) in [7, 11) is 0. The quantitative estimate of drug-likeness (QED) is 0.592. The second kappa shape index (κ2) is 8.94. The average Bonchev–Trinajstić information content (AvgIpc) is 2.63. The predicted octanol–water partition coefficient (Wildman–Crippen LogP) is 6.30. The van der Waals surface area contributed by atoms with E-state index in [9.17, 15) is 10.2 Å². The number of phenolic OH excluding ortho intramolecular Hbond substituents is 2. The van der Waals surface area contributed by atoms with Crippen molar-refractivity contribution in [1.82, 2.24) is 0 Å². The van der Waals surface area contributed by atoms with Crippen LogP contribution in [0.2, 0.25) is 0 Å². The van der Waals surface area contributed by atoms with Gasteiger partial charge in [-0.1, -0.05) is 52.0 Å². The first-order valence-corrected chi connectivity index (χ1v) is 9.59. The summed E-state index contributed by atoms with van der Waals surface area (Å²) in [6, 6.07) is 12.0. The topological polar surface area (TPSA) is 40.5 Å². The molecule has 2 aromatic rings. The summed E-state index contributed by atoms with van der Waals surface area (Å²) in [6.07, 6.45) is 5.13. The molecule has 2 aromatic carbocycles. The van der Waals surface area contributed by atoms with E-state index in [0.717, 1.165) is 43.2 Å². The summed E-state index contributed by atoms with van der Waals surface area (Å²) < 4.78 is 0. The molecule has 0 aromatic heterocycles. The lowest BCUT2D eigenvalue weighted by Crippen LogP contribution is -1.97. The zero-order valence-corrected chi connectivity index (χ0v) is 16.0. The van der Waals surface area contributed by atoms with Crippen LogP contribution in [0.4, 0.5) is 0 Å². The van der Waals surface area contributed by atoms with Crippen molar-refractivity contribution < 1.29 is 10.2 Å². The molecule has 0 amide bonds. The summed E-state index contributed by atoms with van der Waals surface area (Å²) in [6.45, 7) is 8.62. The van der Waals surface area contributed by atoms with E-state index in [1.54, 1.807) is 0 Å². The van der Waals surface area contributed by atoms with E-state index in [1.165, 1.54) is 11.1 Å². The maximum absolute atomic E-state index is 10.0. The summed E-state index contributed by atoms with van der Waals surface area (Å²) in [4.78, 5) is 0.